The molecule has 0 aliphatic rings. The van der Waals surface area contributed by atoms with Crippen LogP contribution in [0.4, 0.5) is 18.9 Å². The maximum atomic E-state index is 13.4. The van der Waals surface area contributed by atoms with Gasteiger partial charge in [-0.15, -0.1) is 0 Å². The van der Waals surface area contributed by atoms with Crippen LogP contribution in [0.15, 0.2) is 69.9 Å². The van der Waals surface area contributed by atoms with Crippen LogP contribution in [-0.4, -0.2) is 17.0 Å². The second kappa shape index (κ2) is 10.7. The smallest absolute Gasteiger partial charge is 0.418 e. The topological polar surface area (TPSA) is 96.6 Å². The van der Waals surface area contributed by atoms with E-state index in [1.54, 1.807) is 37.3 Å². The third-order valence-corrected chi connectivity index (χ3v) is 6.38. The van der Waals surface area contributed by atoms with Gasteiger partial charge in [0.05, 0.1) is 23.2 Å². The van der Waals surface area contributed by atoms with Crippen LogP contribution in [0.5, 0.6) is 0 Å². The first kappa shape index (κ1) is 26.9. The number of alkyl halides is 3. The van der Waals surface area contributed by atoms with Crippen molar-refractivity contribution in [1.82, 2.24) is 0 Å². The van der Waals surface area contributed by atoms with Crippen LogP contribution in [0, 0.1) is 6.92 Å². The molecule has 0 aliphatic carbocycles. The van der Waals surface area contributed by atoms with E-state index in [1.165, 1.54) is 18.2 Å². The molecule has 1 aromatic heterocycles. The van der Waals surface area contributed by atoms with Crippen molar-refractivity contribution >= 4 is 40.1 Å². The summed E-state index contributed by atoms with van der Waals surface area (Å²) in [4.78, 5) is 37.1. The highest BCUT2D eigenvalue weighted by Crippen LogP contribution is 2.36. The van der Waals surface area contributed by atoms with Gasteiger partial charge in [-0.3, -0.25) is 9.59 Å². The second-order valence-corrected chi connectivity index (χ2v) is 9.11. The van der Waals surface area contributed by atoms with E-state index in [-0.39, 0.29) is 24.0 Å². The van der Waals surface area contributed by atoms with Crippen molar-refractivity contribution in [1.29, 1.82) is 0 Å². The minimum atomic E-state index is -4.69. The number of rotatable bonds is 7. The van der Waals surface area contributed by atoms with Gasteiger partial charge in [0.25, 0.3) is 0 Å². The van der Waals surface area contributed by atoms with Gasteiger partial charge in [-0.1, -0.05) is 48.0 Å². The Hall–Kier alpha value is -4.11. The molecule has 0 spiro atoms. The van der Waals surface area contributed by atoms with E-state index in [9.17, 15) is 27.6 Å². The Kier molecular flexibility index (Phi) is 7.59. The molecule has 0 aliphatic heterocycles. The summed E-state index contributed by atoms with van der Waals surface area (Å²) < 4.78 is 45.7. The number of aryl methyl sites for hydroxylation is 2. The van der Waals surface area contributed by atoms with E-state index in [1.807, 2.05) is 0 Å². The summed E-state index contributed by atoms with van der Waals surface area (Å²) >= 11 is 6.23. The summed E-state index contributed by atoms with van der Waals surface area (Å²) in [7, 11) is 0. The predicted octanol–water partition coefficient (Wildman–Crippen LogP) is 6.64. The molecule has 0 saturated carbocycles. The third-order valence-electron chi connectivity index (χ3n) is 5.97. The van der Waals surface area contributed by atoms with Crippen molar-refractivity contribution in [3.05, 3.63) is 98.4 Å². The molecule has 196 valence electrons. The summed E-state index contributed by atoms with van der Waals surface area (Å²) in [6.45, 7) is 1.75. The number of carboxylic acids is 1. The van der Waals surface area contributed by atoms with E-state index >= 15 is 0 Å². The average molecular weight is 544 g/mol. The van der Waals surface area contributed by atoms with Gasteiger partial charge in [0.15, 0.2) is 0 Å². The lowest BCUT2D eigenvalue weighted by Gasteiger charge is -2.16. The number of hydrogen-bond donors (Lipinski definition) is 2. The number of halogens is 4. The molecular weight excluding hydrogens is 523 g/mol. The molecule has 1 amide bonds. The Morgan fingerprint density at radius 2 is 1.79 bits per heavy atom. The van der Waals surface area contributed by atoms with Crippen LogP contribution in [-0.2, 0) is 28.6 Å². The number of carboxylic acid groups (broad SMARTS) is 1. The summed E-state index contributed by atoms with van der Waals surface area (Å²) in [5.74, 6) is -1.81. The maximum absolute atomic E-state index is 13.4. The Balaban J connectivity index is 1.83. The molecule has 0 atom stereocenters. The van der Waals surface area contributed by atoms with Gasteiger partial charge in [0.2, 0.25) is 5.91 Å². The first-order chi connectivity index (χ1) is 17.9. The zero-order chi connectivity index (χ0) is 27.6. The van der Waals surface area contributed by atoms with E-state index in [2.05, 4.69) is 5.32 Å². The molecule has 0 radical (unpaired) electrons. The number of fused-ring (bicyclic) bond motifs is 1. The standard InChI is InChI=1S/C28H21ClF3NO5/c1-15-11-18-23(14-21(15)29)38-27(37)19(26(18)17-6-4-5-16(12-17)9-10-25(35)36)13-24(34)33-22-8-3-2-7-20(22)28(30,31)32/h2-8,11-12,14H,9-10,13H2,1H3,(H,33,34)(H,35,36). The molecule has 0 saturated heterocycles. The van der Waals surface area contributed by atoms with Crippen LogP contribution in [0.3, 0.4) is 0 Å². The molecule has 0 fully saturated rings. The SMILES string of the molecule is Cc1cc2c(-c3cccc(CCC(=O)O)c3)c(CC(=O)Nc3ccccc3C(F)(F)F)c(=O)oc2cc1Cl. The Morgan fingerprint density at radius 1 is 1.05 bits per heavy atom. The van der Waals surface area contributed by atoms with Crippen molar-refractivity contribution < 1.29 is 32.3 Å². The van der Waals surface area contributed by atoms with E-state index < -0.39 is 41.4 Å². The number of benzene rings is 3. The highest BCUT2D eigenvalue weighted by atomic mass is 35.5. The molecule has 4 aromatic rings. The van der Waals surface area contributed by atoms with Crippen LogP contribution in [0.25, 0.3) is 22.1 Å². The minimum Gasteiger partial charge on any atom is -0.481 e. The maximum Gasteiger partial charge on any atom is 0.418 e. The fourth-order valence-electron chi connectivity index (χ4n) is 4.19. The van der Waals surface area contributed by atoms with Crippen LogP contribution < -0.4 is 10.9 Å². The summed E-state index contributed by atoms with van der Waals surface area (Å²) in [6, 6.07) is 14.6. The zero-order valence-electron chi connectivity index (χ0n) is 20.0. The molecule has 0 unspecified atom stereocenters. The predicted molar refractivity (Wildman–Crippen MR) is 137 cm³/mol. The lowest BCUT2D eigenvalue weighted by atomic mass is 9.92. The van der Waals surface area contributed by atoms with Crippen LogP contribution in [0.2, 0.25) is 5.02 Å². The van der Waals surface area contributed by atoms with Crippen molar-refractivity contribution in [2.24, 2.45) is 0 Å². The Bertz CT molecular complexity index is 1610. The number of carbonyl (C=O) groups is 2. The van der Waals surface area contributed by atoms with Gasteiger partial charge in [-0.05, 0) is 48.2 Å². The number of hydrogen-bond acceptors (Lipinski definition) is 4. The molecular formula is C28H21ClF3NO5. The van der Waals surface area contributed by atoms with Crippen LogP contribution >= 0.6 is 11.6 Å². The second-order valence-electron chi connectivity index (χ2n) is 8.70. The molecule has 0 bridgehead atoms. The number of anilines is 1. The lowest BCUT2D eigenvalue weighted by Crippen LogP contribution is -2.22. The molecule has 6 nitrogen and oxygen atoms in total. The van der Waals surface area contributed by atoms with Crippen molar-refractivity contribution in [3.8, 4) is 11.1 Å². The Labute approximate surface area is 219 Å². The normalized spacial score (nSPS) is 11.5. The monoisotopic (exact) mass is 543 g/mol. The average Bonchev–Trinajstić information content (AvgIpc) is 2.84. The first-order valence-electron chi connectivity index (χ1n) is 11.5. The zero-order valence-corrected chi connectivity index (χ0v) is 20.7. The minimum absolute atomic E-state index is 0.0587. The van der Waals surface area contributed by atoms with Gasteiger partial charge in [0.1, 0.15) is 5.58 Å². The summed E-state index contributed by atoms with van der Waals surface area (Å²) in [5.41, 5.74) is 0.0450. The fraction of sp³-hybridized carbons (Fsp3) is 0.179. The van der Waals surface area contributed by atoms with Crippen molar-refractivity contribution in [2.75, 3.05) is 5.32 Å². The summed E-state index contributed by atoms with van der Waals surface area (Å²) in [6.07, 6.45) is -5.13. The van der Waals surface area contributed by atoms with Crippen molar-refractivity contribution in [2.45, 2.75) is 32.4 Å². The molecule has 38 heavy (non-hydrogen) atoms. The largest absolute Gasteiger partial charge is 0.481 e. The molecule has 2 N–H and O–H groups in total. The number of aliphatic carboxylic acids is 1. The number of para-hydroxylation sites is 1. The van der Waals surface area contributed by atoms with E-state index in [0.29, 0.717) is 32.7 Å². The van der Waals surface area contributed by atoms with Gasteiger partial charge >= 0.3 is 17.8 Å². The lowest BCUT2D eigenvalue weighted by molar-refractivity contribution is -0.138. The number of carbonyl (C=O) groups excluding carboxylic acids is 1. The summed E-state index contributed by atoms with van der Waals surface area (Å²) in [5, 5.41) is 12.1. The van der Waals surface area contributed by atoms with Gasteiger partial charge in [-0.2, -0.15) is 13.2 Å². The highest BCUT2D eigenvalue weighted by molar-refractivity contribution is 6.32. The molecule has 4 rings (SSSR count). The number of amides is 1. The van der Waals surface area contributed by atoms with E-state index in [4.69, 9.17) is 21.1 Å². The van der Waals surface area contributed by atoms with Gasteiger partial charge in [0, 0.05) is 28.5 Å². The van der Waals surface area contributed by atoms with Gasteiger partial charge in [-0.25, -0.2) is 4.79 Å². The number of nitrogens with one attached hydrogen (secondary N) is 1. The third kappa shape index (κ3) is 5.89. The molecule has 10 heteroatoms. The highest BCUT2D eigenvalue weighted by Gasteiger charge is 2.33. The van der Waals surface area contributed by atoms with E-state index in [0.717, 1.165) is 12.1 Å². The quantitative estimate of drug-likeness (QED) is 0.255. The first-order valence-corrected chi connectivity index (χ1v) is 11.8. The Morgan fingerprint density at radius 3 is 2.50 bits per heavy atom. The fourth-order valence-corrected chi connectivity index (χ4v) is 4.34. The van der Waals surface area contributed by atoms with Gasteiger partial charge < -0.3 is 14.8 Å². The van der Waals surface area contributed by atoms with Crippen LogP contribution in [0.1, 0.15) is 28.7 Å². The molecule has 1 heterocycles. The molecule has 3 aromatic carbocycles. The van der Waals surface area contributed by atoms with Crippen molar-refractivity contribution in [3.63, 3.8) is 0 Å².